The Morgan fingerprint density at radius 3 is 2.45 bits per heavy atom. The van der Waals surface area contributed by atoms with Gasteiger partial charge in [0, 0.05) is 28.8 Å². The van der Waals surface area contributed by atoms with Crippen molar-refractivity contribution in [1.82, 2.24) is 9.62 Å². The van der Waals surface area contributed by atoms with Crippen molar-refractivity contribution in [3.05, 3.63) is 21.4 Å². The molecule has 0 aliphatic carbocycles. The number of hydrogen-bond donors (Lipinski definition) is 2. The second kappa shape index (κ2) is 6.66. The van der Waals surface area contributed by atoms with E-state index in [0.29, 0.717) is 25.9 Å². The van der Waals surface area contributed by atoms with E-state index in [1.165, 1.54) is 14.1 Å². The lowest BCUT2D eigenvalue weighted by molar-refractivity contribution is -0.126. The number of nitrogens with two attached hydrogens (primary N) is 1. The number of rotatable bonds is 4. The number of aryl methyl sites for hydroxylation is 2. The molecule has 124 valence electrons. The van der Waals surface area contributed by atoms with E-state index >= 15 is 0 Å². The summed E-state index contributed by atoms with van der Waals surface area (Å²) in [5.41, 5.74) is 1.15. The molecule has 1 atom stereocenters. The third-order valence-electron chi connectivity index (χ3n) is 4.09. The smallest absolute Gasteiger partial charge is 0.276 e. The van der Waals surface area contributed by atoms with Gasteiger partial charge in [-0.3, -0.25) is 4.79 Å². The van der Waals surface area contributed by atoms with Crippen LogP contribution in [0.25, 0.3) is 0 Å². The summed E-state index contributed by atoms with van der Waals surface area (Å²) >= 11 is 1.72. The Hall–Kier alpha value is -0.960. The molecule has 1 aliphatic heterocycles. The Labute approximate surface area is 135 Å². The lowest BCUT2D eigenvalue weighted by Gasteiger charge is -2.29. The zero-order chi connectivity index (χ0) is 16.5. The number of nitrogens with zero attached hydrogens (tertiary/aromatic N) is 1. The van der Waals surface area contributed by atoms with Crippen molar-refractivity contribution in [2.75, 3.05) is 13.1 Å². The third-order valence-corrected chi connectivity index (χ3v) is 6.16. The van der Waals surface area contributed by atoms with Crippen LogP contribution < -0.4 is 10.5 Å². The fourth-order valence-electron chi connectivity index (χ4n) is 2.86. The second-order valence-corrected chi connectivity index (χ2v) is 8.82. The second-order valence-electron chi connectivity index (χ2n) is 5.82. The molecule has 0 saturated carbocycles. The number of hydrogen-bond acceptors (Lipinski definition) is 4. The van der Waals surface area contributed by atoms with Crippen molar-refractivity contribution in [2.24, 2.45) is 11.1 Å². The first kappa shape index (κ1) is 17.4. The average Bonchev–Trinajstić information content (AvgIpc) is 2.77. The molecule has 1 aromatic rings. The van der Waals surface area contributed by atoms with Crippen LogP contribution in [0.4, 0.5) is 0 Å². The largest absolute Gasteiger partial charge is 0.349 e. The number of carbonyl (C=O) groups excluding carboxylic acids is 1. The highest BCUT2D eigenvalue weighted by molar-refractivity contribution is 7.86. The lowest BCUT2D eigenvalue weighted by atomic mass is 9.96. The summed E-state index contributed by atoms with van der Waals surface area (Å²) in [6, 6.07) is 2.07. The maximum atomic E-state index is 12.3. The van der Waals surface area contributed by atoms with E-state index < -0.39 is 10.2 Å². The van der Waals surface area contributed by atoms with Gasteiger partial charge in [0.1, 0.15) is 0 Å². The van der Waals surface area contributed by atoms with Gasteiger partial charge in [-0.25, -0.2) is 5.14 Å². The minimum Gasteiger partial charge on any atom is -0.349 e. The van der Waals surface area contributed by atoms with Crippen LogP contribution >= 0.6 is 11.3 Å². The molecule has 0 unspecified atom stereocenters. The molecule has 6 nitrogen and oxygen atoms in total. The Morgan fingerprint density at radius 2 is 2.00 bits per heavy atom. The van der Waals surface area contributed by atoms with E-state index in [-0.39, 0.29) is 17.9 Å². The minimum absolute atomic E-state index is 0.00942. The van der Waals surface area contributed by atoms with Crippen molar-refractivity contribution in [3.63, 3.8) is 0 Å². The summed E-state index contributed by atoms with van der Waals surface area (Å²) in [5, 5.41) is 8.15. The Balaban J connectivity index is 1.92. The summed E-state index contributed by atoms with van der Waals surface area (Å²) in [6.45, 7) is 6.70. The number of carbonyl (C=O) groups is 1. The van der Waals surface area contributed by atoms with Crippen molar-refractivity contribution >= 4 is 27.5 Å². The number of nitrogens with one attached hydrogen (secondary N) is 1. The average molecular weight is 345 g/mol. The van der Waals surface area contributed by atoms with Gasteiger partial charge in [0.15, 0.2) is 0 Å². The molecule has 22 heavy (non-hydrogen) atoms. The van der Waals surface area contributed by atoms with E-state index in [4.69, 9.17) is 5.14 Å². The van der Waals surface area contributed by atoms with Gasteiger partial charge in [-0.15, -0.1) is 11.3 Å². The van der Waals surface area contributed by atoms with Crippen LogP contribution in [0.5, 0.6) is 0 Å². The molecule has 1 amide bonds. The van der Waals surface area contributed by atoms with Gasteiger partial charge >= 0.3 is 0 Å². The van der Waals surface area contributed by atoms with Crippen LogP contribution in [-0.4, -0.2) is 31.7 Å². The third kappa shape index (κ3) is 4.07. The Morgan fingerprint density at radius 1 is 1.41 bits per heavy atom. The van der Waals surface area contributed by atoms with Crippen molar-refractivity contribution in [3.8, 4) is 0 Å². The van der Waals surface area contributed by atoms with Gasteiger partial charge in [0.2, 0.25) is 5.91 Å². The molecule has 1 aliphatic rings. The Kier molecular flexibility index (Phi) is 5.26. The van der Waals surface area contributed by atoms with Gasteiger partial charge in [-0.2, -0.15) is 12.7 Å². The molecule has 3 N–H and O–H groups in total. The van der Waals surface area contributed by atoms with Gasteiger partial charge in [-0.05, 0) is 45.2 Å². The number of amides is 1. The van der Waals surface area contributed by atoms with E-state index in [1.54, 1.807) is 11.3 Å². The monoisotopic (exact) mass is 345 g/mol. The van der Waals surface area contributed by atoms with E-state index in [1.807, 2.05) is 6.92 Å². The molecule has 8 heteroatoms. The zero-order valence-corrected chi connectivity index (χ0v) is 14.8. The molecule has 1 saturated heterocycles. The minimum atomic E-state index is -3.64. The first-order chi connectivity index (χ1) is 10.2. The van der Waals surface area contributed by atoms with Crippen LogP contribution in [0.3, 0.4) is 0 Å². The maximum absolute atomic E-state index is 12.3. The molecule has 2 heterocycles. The number of piperidine rings is 1. The van der Waals surface area contributed by atoms with Crippen LogP contribution in [0.2, 0.25) is 0 Å². The molecule has 0 aromatic carbocycles. The standard InChI is InChI=1S/C14H23N3O3S2/c1-9-8-13(11(3)21-9)10(2)16-14(18)12-4-6-17(7-5-12)22(15,19)20/h8,10,12H,4-7H2,1-3H3,(H,16,18)(H2,15,19,20)/t10-/m1/s1. The molecule has 0 radical (unpaired) electrons. The van der Waals surface area contributed by atoms with Gasteiger partial charge in [-0.1, -0.05) is 0 Å². The van der Waals surface area contributed by atoms with Crippen molar-refractivity contribution in [1.29, 1.82) is 0 Å². The van der Waals surface area contributed by atoms with Crippen LogP contribution in [0.15, 0.2) is 6.07 Å². The highest BCUT2D eigenvalue weighted by Gasteiger charge is 2.30. The fourth-order valence-corrected chi connectivity index (χ4v) is 4.60. The van der Waals surface area contributed by atoms with Crippen molar-refractivity contribution in [2.45, 2.75) is 39.7 Å². The number of thiophene rings is 1. The van der Waals surface area contributed by atoms with E-state index in [9.17, 15) is 13.2 Å². The van der Waals surface area contributed by atoms with Crippen molar-refractivity contribution < 1.29 is 13.2 Å². The molecular weight excluding hydrogens is 322 g/mol. The predicted molar refractivity (Wildman–Crippen MR) is 87.8 cm³/mol. The van der Waals surface area contributed by atoms with Gasteiger partial charge in [0.05, 0.1) is 6.04 Å². The molecule has 1 aromatic heterocycles. The molecule has 0 spiro atoms. The normalized spacial score (nSPS) is 19.1. The van der Waals surface area contributed by atoms with Crippen LogP contribution in [0, 0.1) is 19.8 Å². The summed E-state index contributed by atoms with van der Waals surface area (Å²) in [5.74, 6) is -0.162. The summed E-state index contributed by atoms with van der Waals surface area (Å²) in [7, 11) is -3.64. The molecule has 0 bridgehead atoms. The molecule has 1 fully saturated rings. The highest BCUT2D eigenvalue weighted by atomic mass is 32.2. The predicted octanol–water partition coefficient (Wildman–Crippen LogP) is 1.46. The van der Waals surface area contributed by atoms with E-state index in [2.05, 4.69) is 25.2 Å². The summed E-state index contributed by atoms with van der Waals surface area (Å²) in [4.78, 5) is 14.8. The summed E-state index contributed by atoms with van der Waals surface area (Å²) < 4.78 is 23.8. The molecular formula is C14H23N3O3S2. The maximum Gasteiger partial charge on any atom is 0.276 e. The summed E-state index contributed by atoms with van der Waals surface area (Å²) in [6.07, 6.45) is 1.02. The zero-order valence-electron chi connectivity index (χ0n) is 13.1. The topological polar surface area (TPSA) is 92.5 Å². The Bertz CT molecular complexity index is 646. The quantitative estimate of drug-likeness (QED) is 0.865. The van der Waals surface area contributed by atoms with Gasteiger partial charge < -0.3 is 5.32 Å². The van der Waals surface area contributed by atoms with E-state index in [0.717, 1.165) is 5.56 Å². The fraction of sp³-hybridized carbons (Fsp3) is 0.643. The lowest BCUT2D eigenvalue weighted by Crippen LogP contribution is -2.45. The first-order valence-corrected chi connectivity index (χ1v) is 9.65. The molecule has 2 rings (SSSR count). The van der Waals surface area contributed by atoms with Gasteiger partial charge in [0.25, 0.3) is 10.2 Å². The van der Waals surface area contributed by atoms with Crippen LogP contribution in [-0.2, 0) is 15.0 Å². The van der Waals surface area contributed by atoms with Crippen LogP contribution in [0.1, 0.15) is 41.1 Å². The SMILES string of the molecule is Cc1cc([C@@H](C)NC(=O)C2CCN(S(N)(=O)=O)CC2)c(C)s1. The first-order valence-electron chi connectivity index (χ1n) is 7.33. The highest BCUT2D eigenvalue weighted by Crippen LogP contribution is 2.27.